The van der Waals surface area contributed by atoms with Crippen LogP contribution in [0.4, 0.5) is 5.69 Å². The summed E-state index contributed by atoms with van der Waals surface area (Å²) in [5.74, 6) is 1.33. The number of allylic oxidation sites excluding steroid dienone is 1. The molecule has 0 aliphatic carbocycles. The first-order chi connectivity index (χ1) is 16.9. The minimum Gasteiger partial charge on any atom is -0.494 e. The maximum absolute atomic E-state index is 12.8. The van der Waals surface area contributed by atoms with Gasteiger partial charge in [0.2, 0.25) is 5.91 Å². The van der Waals surface area contributed by atoms with E-state index in [1.54, 1.807) is 12.3 Å². The predicted molar refractivity (Wildman–Crippen MR) is 142 cm³/mol. The van der Waals surface area contributed by atoms with E-state index in [4.69, 9.17) is 13.9 Å². The highest BCUT2D eigenvalue weighted by atomic mass is 16.5. The molecule has 0 atom stereocenters. The maximum atomic E-state index is 12.8. The zero-order valence-corrected chi connectivity index (χ0v) is 20.9. The SMILES string of the molecule is CCOc1ccc(-c2coc3cc(OCC)c(/C(C)=C/C(=O)Nc4cc(C)cc(C)c4)cc23)cc1. The van der Waals surface area contributed by atoms with E-state index < -0.39 is 0 Å². The minimum absolute atomic E-state index is 0.186. The minimum atomic E-state index is -0.186. The van der Waals surface area contributed by atoms with Crippen LogP contribution in [0.2, 0.25) is 0 Å². The smallest absolute Gasteiger partial charge is 0.248 e. The Morgan fingerprint density at radius 3 is 2.29 bits per heavy atom. The molecule has 1 amide bonds. The highest BCUT2D eigenvalue weighted by Crippen LogP contribution is 2.38. The molecule has 5 heteroatoms. The number of benzene rings is 3. The van der Waals surface area contributed by atoms with Crippen LogP contribution in [0.25, 0.3) is 27.7 Å². The Morgan fingerprint density at radius 1 is 0.943 bits per heavy atom. The lowest BCUT2D eigenvalue weighted by atomic mass is 9.99. The van der Waals surface area contributed by atoms with Crippen molar-refractivity contribution in [2.75, 3.05) is 18.5 Å². The number of anilines is 1. The third kappa shape index (κ3) is 5.57. The number of hydrogen-bond acceptors (Lipinski definition) is 4. The molecular weight excluding hydrogens is 438 g/mol. The van der Waals surface area contributed by atoms with E-state index in [1.165, 1.54) is 0 Å². The van der Waals surface area contributed by atoms with Gasteiger partial charge in [0.15, 0.2) is 0 Å². The number of fused-ring (bicyclic) bond motifs is 1. The maximum Gasteiger partial charge on any atom is 0.248 e. The standard InChI is InChI=1S/C30H31NO4/c1-6-33-24-10-8-22(9-11-24)27-18-35-29-17-28(34-7-2)25(16-26(27)29)21(5)15-30(32)31-23-13-19(3)12-20(4)14-23/h8-18H,6-7H2,1-5H3,(H,31,32)/b21-15+. The average molecular weight is 470 g/mol. The van der Waals surface area contributed by atoms with E-state index in [9.17, 15) is 4.79 Å². The molecule has 0 aliphatic rings. The summed E-state index contributed by atoms with van der Waals surface area (Å²) in [5, 5.41) is 3.93. The molecule has 0 bridgehead atoms. The number of carbonyl (C=O) groups is 1. The monoisotopic (exact) mass is 469 g/mol. The van der Waals surface area contributed by atoms with Crippen molar-refractivity contribution in [2.45, 2.75) is 34.6 Å². The van der Waals surface area contributed by atoms with E-state index in [0.29, 0.717) is 19.0 Å². The molecule has 1 heterocycles. The van der Waals surface area contributed by atoms with Crippen molar-refractivity contribution in [3.63, 3.8) is 0 Å². The summed E-state index contributed by atoms with van der Waals surface area (Å²) in [4.78, 5) is 12.8. The van der Waals surface area contributed by atoms with Gasteiger partial charge in [-0.1, -0.05) is 18.2 Å². The number of furan rings is 1. The van der Waals surface area contributed by atoms with Crippen molar-refractivity contribution in [3.8, 4) is 22.6 Å². The van der Waals surface area contributed by atoms with Crippen LogP contribution in [0.1, 0.15) is 37.5 Å². The van der Waals surface area contributed by atoms with Crippen LogP contribution in [-0.4, -0.2) is 19.1 Å². The van der Waals surface area contributed by atoms with Crippen LogP contribution in [0.3, 0.4) is 0 Å². The number of aryl methyl sites for hydroxylation is 2. The Bertz CT molecular complexity index is 1360. The van der Waals surface area contributed by atoms with Gasteiger partial charge in [0.1, 0.15) is 17.1 Å². The van der Waals surface area contributed by atoms with E-state index >= 15 is 0 Å². The molecule has 0 saturated heterocycles. The number of hydrogen-bond donors (Lipinski definition) is 1. The normalized spacial score (nSPS) is 11.5. The summed E-state index contributed by atoms with van der Waals surface area (Å²) < 4.78 is 17.3. The van der Waals surface area contributed by atoms with E-state index in [0.717, 1.165) is 55.8 Å². The summed E-state index contributed by atoms with van der Waals surface area (Å²) >= 11 is 0. The Balaban J connectivity index is 1.69. The van der Waals surface area contributed by atoms with E-state index in [2.05, 4.69) is 11.4 Å². The Morgan fingerprint density at radius 2 is 1.63 bits per heavy atom. The Hall–Kier alpha value is -3.99. The average Bonchev–Trinajstić information content (AvgIpc) is 3.21. The lowest BCUT2D eigenvalue weighted by Crippen LogP contribution is -2.09. The van der Waals surface area contributed by atoms with Crippen LogP contribution < -0.4 is 14.8 Å². The highest BCUT2D eigenvalue weighted by molar-refractivity contribution is 6.05. The van der Waals surface area contributed by atoms with Crippen molar-refractivity contribution < 1.29 is 18.7 Å². The van der Waals surface area contributed by atoms with Gasteiger partial charge in [0.05, 0.1) is 19.5 Å². The van der Waals surface area contributed by atoms with Crippen molar-refractivity contribution in [1.82, 2.24) is 0 Å². The molecule has 0 fully saturated rings. The van der Waals surface area contributed by atoms with Gasteiger partial charge in [0, 0.05) is 34.3 Å². The highest BCUT2D eigenvalue weighted by Gasteiger charge is 2.15. The molecule has 0 spiro atoms. The third-order valence-corrected chi connectivity index (χ3v) is 5.71. The van der Waals surface area contributed by atoms with Gasteiger partial charge in [-0.3, -0.25) is 4.79 Å². The molecule has 3 aromatic carbocycles. The fraction of sp³-hybridized carbons (Fsp3) is 0.233. The molecule has 4 aromatic rings. The molecule has 35 heavy (non-hydrogen) atoms. The lowest BCUT2D eigenvalue weighted by Gasteiger charge is -2.12. The first-order valence-corrected chi connectivity index (χ1v) is 11.9. The first-order valence-electron chi connectivity index (χ1n) is 11.9. The fourth-order valence-corrected chi connectivity index (χ4v) is 4.26. The third-order valence-electron chi connectivity index (χ3n) is 5.71. The molecule has 5 nitrogen and oxygen atoms in total. The van der Waals surface area contributed by atoms with E-state index in [1.807, 2.05) is 83.1 Å². The first kappa shape index (κ1) is 24.1. The van der Waals surface area contributed by atoms with Crippen LogP contribution >= 0.6 is 0 Å². The molecule has 1 aromatic heterocycles. The molecule has 180 valence electrons. The van der Waals surface area contributed by atoms with Crippen LogP contribution in [0.5, 0.6) is 11.5 Å². The number of amides is 1. The van der Waals surface area contributed by atoms with E-state index in [-0.39, 0.29) is 5.91 Å². The topological polar surface area (TPSA) is 60.7 Å². The predicted octanol–water partition coefficient (Wildman–Crippen LogP) is 7.56. The van der Waals surface area contributed by atoms with Gasteiger partial charge in [-0.2, -0.15) is 0 Å². The molecule has 0 aliphatic heterocycles. The van der Waals surface area contributed by atoms with Crippen molar-refractivity contribution >= 4 is 28.1 Å². The summed E-state index contributed by atoms with van der Waals surface area (Å²) in [5.41, 5.74) is 7.37. The van der Waals surface area contributed by atoms with Gasteiger partial charge >= 0.3 is 0 Å². The zero-order valence-electron chi connectivity index (χ0n) is 20.9. The molecule has 0 saturated carbocycles. The van der Waals surface area contributed by atoms with Crippen molar-refractivity contribution in [3.05, 3.63) is 83.6 Å². The molecule has 0 radical (unpaired) electrons. The summed E-state index contributed by atoms with van der Waals surface area (Å²) in [6.45, 7) is 11.0. The van der Waals surface area contributed by atoms with Crippen LogP contribution in [-0.2, 0) is 4.79 Å². The second-order valence-corrected chi connectivity index (χ2v) is 8.58. The molecule has 1 N–H and O–H groups in total. The van der Waals surface area contributed by atoms with Gasteiger partial charge in [-0.05, 0) is 87.2 Å². The van der Waals surface area contributed by atoms with Gasteiger partial charge < -0.3 is 19.2 Å². The summed E-state index contributed by atoms with van der Waals surface area (Å²) in [6.07, 6.45) is 3.36. The van der Waals surface area contributed by atoms with Crippen LogP contribution in [0.15, 0.2) is 71.4 Å². The van der Waals surface area contributed by atoms with Gasteiger partial charge in [-0.15, -0.1) is 0 Å². The Kier molecular flexibility index (Phi) is 7.25. The summed E-state index contributed by atoms with van der Waals surface area (Å²) in [6, 6.07) is 17.9. The van der Waals surface area contributed by atoms with Crippen molar-refractivity contribution in [2.24, 2.45) is 0 Å². The molecular formula is C30H31NO4. The summed E-state index contributed by atoms with van der Waals surface area (Å²) in [7, 11) is 0. The zero-order chi connectivity index (χ0) is 24.9. The Labute approximate surface area is 206 Å². The number of carbonyl (C=O) groups excluding carboxylic acids is 1. The van der Waals surface area contributed by atoms with Gasteiger partial charge in [0.25, 0.3) is 0 Å². The van der Waals surface area contributed by atoms with Gasteiger partial charge in [-0.25, -0.2) is 0 Å². The van der Waals surface area contributed by atoms with Crippen molar-refractivity contribution in [1.29, 1.82) is 0 Å². The quantitative estimate of drug-likeness (QED) is 0.271. The second kappa shape index (κ2) is 10.5. The number of rotatable bonds is 8. The lowest BCUT2D eigenvalue weighted by molar-refractivity contribution is -0.111. The largest absolute Gasteiger partial charge is 0.494 e. The number of ether oxygens (including phenoxy) is 2. The van der Waals surface area contributed by atoms with Crippen LogP contribution in [0, 0.1) is 13.8 Å². The number of nitrogens with one attached hydrogen (secondary N) is 1. The fourth-order valence-electron chi connectivity index (χ4n) is 4.26. The molecule has 4 rings (SSSR count). The molecule has 0 unspecified atom stereocenters. The second-order valence-electron chi connectivity index (χ2n) is 8.58.